The van der Waals surface area contributed by atoms with Crippen molar-refractivity contribution in [3.8, 4) is 32.6 Å². The van der Waals surface area contributed by atoms with Crippen molar-refractivity contribution in [2.45, 2.75) is 0 Å². The van der Waals surface area contributed by atoms with Crippen molar-refractivity contribution in [2.24, 2.45) is 0 Å². The van der Waals surface area contributed by atoms with Crippen LogP contribution in [0.3, 0.4) is 0 Å². The first-order chi connectivity index (χ1) is 10.3. The van der Waals surface area contributed by atoms with E-state index >= 15 is 0 Å². The summed E-state index contributed by atoms with van der Waals surface area (Å²) in [6, 6.07) is 11.8. The molecule has 2 aromatic heterocycles. The molecule has 0 aliphatic heterocycles. The average molecular weight is 298 g/mol. The van der Waals surface area contributed by atoms with Crippen LogP contribution < -0.4 is 9.47 Å². The zero-order chi connectivity index (χ0) is 14.7. The molecule has 0 saturated heterocycles. The fourth-order valence-corrected chi connectivity index (χ4v) is 2.98. The van der Waals surface area contributed by atoms with Gasteiger partial charge in [-0.05, 0) is 42.0 Å². The molecule has 4 nitrogen and oxygen atoms in total. The molecule has 21 heavy (non-hydrogen) atoms. The molecule has 0 spiro atoms. The predicted octanol–water partition coefficient (Wildman–Crippen LogP) is 3.89. The summed E-state index contributed by atoms with van der Waals surface area (Å²) in [5, 5.41) is 0. The molecule has 0 aliphatic carbocycles. The van der Waals surface area contributed by atoms with E-state index in [4.69, 9.17) is 9.47 Å². The summed E-state index contributed by atoms with van der Waals surface area (Å²) in [7, 11) is 3.27. The van der Waals surface area contributed by atoms with E-state index in [2.05, 4.69) is 16.0 Å². The van der Waals surface area contributed by atoms with Crippen molar-refractivity contribution in [2.75, 3.05) is 14.2 Å². The normalized spacial score (nSPS) is 10.4. The molecule has 0 fully saturated rings. The van der Waals surface area contributed by atoms with Crippen molar-refractivity contribution in [1.29, 1.82) is 0 Å². The van der Waals surface area contributed by atoms with Crippen LogP contribution >= 0.6 is 11.3 Å². The minimum atomic E-state index is 0.723. The van der Waals surface area contributed by atoms with Gasteiger partial charge in [0, 0.05) is 17.3 Å². The van der Waals surface area contributed by atoms with Crippen LogP contribution in [0.15, 0.2) is 48.8 Å². The fourth-order valence-electron chi connectivity index (χ4n) is 2.03. The highest BCUT2D eigenvalue weighted by molar-refractivity contribution is 7.18. The standard InChI is InChI=1S/C16H14N2O2S/c1-19-12-5-4-11(10-13(12)20-2)14-6-7-15(21-14)16-17-8-3-9-18-16/h3-10H,1-2H3. The van der Waals surface area contributed by atoms with Gasteiger partial charge in [0.2, 0.25) is 0 Å². The Morgan fingerprint density at radius 1 is 0.857 bits per heavy atom. The van der Waals surface area contributed by atoms with Crippen LogP contribution in [0, 0.1) is 0 Å². The lowest BCUT2D eigenvalue weighted by Crippen LogP contribution is -1.90. The lowest BCUT2D eigenvalue weighted by atomic mass is 10.1. The van der Waals surface area contributed by atoms with Gasteiger partial charge >= 0.3 is 0 Å². The largest absolute Gasteiger partial charge is 0.493 e. The quantitative estimate of drug-likeness (QED) is 0.733. The fraction of sp³-hybridized carbons (Fsp3) is 0.125. The molecule has 0 aliphatic rings. The average Bonchev–Trinajstić information content (AvgIpc) is 3.05. The zero-order valence-electron chi connectivity index (χ0n) is 11.7. The van der Waals surface area contributed by atoms with E-state index in [-0.39, 0.29) is 0 Å². The van der Waals surface area contributed by atoms with Gasteiger partial charge in [-0.3, -0.25) is 0 Å². The van der Waals surface area contributed by atoms with Crippen LogP contribution in [0.4, 0.5) is 0 Å². The molecule has 0 amide bonds. The zero-order valence-corrected chi connectivity index (χ0v) is 12.6. The molecule has 0 radical (unpaired) electrons. The Balaban J connectivity index is 1.97. The summed E-state index contributed by atoms with van der Waals surface area (Å²) in [6.07, 6.45) is 3.50. The van der Waals surface area contributed by atoms with Crippen LogP contribution in [0.5, 0.6) is 11.5 Å². The second-order valence-electron chi connectivity index (χ2n) is 4.31. The number of rotatable bonds is 4. The highest BCUT2D eigenvalue weighted by atomic mass is 32.1. The molecule has 0 N–H and O–H groups in total. The minimum absolute atomic E-state index is 0.723. The Labute approximate surface area is 127 Å². The summed E-state index contributed by atoms with van der Waals surface area (Å²) in [6.45, 7) is 0. The lowest BCUT2D eigenvalue weighted by Gasteiger charge is -2.08. The molecule has 0 unspecified atom stereocenters. The van der Waals surface area contributed by atoms with Crippen molar-refractivity contribution >= 4 is 11.3 Å². The third-order valence-electron chi connectivity index (χ3n) is 3.06. The molecular formula is C16H14N2O2S. The number of aromatic nitrogens is 2. The van der Waals surface area contributed by atoms with Crippen LogP contribution in [0.1, 0.15) is 0 Å². The second kappa shape index (κ2) is 5.93. The molecule has 3 aromatic rings. The molecule has 5 heteroatoms. The maximum absolute atomic E-state index is 5.34. The van der Waals surface area contributed by atoms with Gasteiger partial charge in [0.25, 0.3) is 0 Å². The van der Waals surface area contributed by atoms with Gasteiger partial charge < -0.3 is 9.47 Å². The van der Waals surface area contributed by atoms with Crippen molar-refractivity contribution in [3.05, 3.63) is 48.8 Å². The summed E-state index contributed by atoms with van der Waals surface area (Å²) in [4.78, 5) is 10.7. The minimum Gasteiger partial charge on any atom is -0.493 e. The van der Waals surface area contributed by atoms with Crippen molar-refractivity contribution in [1.82, 2.24) is 9.97 Å². The van der Waals surface area contributed by atoms with E-state index < -0.39 is 0 Å². The first-order valence-corrected chi connectivity index (χ1v) is 7.23. The van der Waals surface area contributed by atoms with Crippen LogP contribution in [-0.2, 0) is 0 Å². The van der Waals surface area contributed by atoms with Gasteiger partial charge in [-0.15, -0.1) is 11.3 Å². The highest BCUT2D eigenvalue weighted by Crippen LogP contribution is 2.37. The number of thiophene rings is 1. The predicted molar refractivity (Wildman–Crippen MR) is 83.9 cm³/mol. The first kappa shape index (κ1) is 13.6. The summed E-state index contributed by atoms with van der Waals surface area (Å²) in [5.41, 5.74) is 1.08. The topological polar surface area (TPSA) is 44.2 Å². The molecule has 0 bridgehead atoms. The summed E-state index contributed by atoms with van der Waals surface area (Å²) >= 11 is 1.65. The highest BCUT2D eigenvalue weighted by Gasteiger charge is 2.10. The third kappa shape index (κ3) is 2.73. The molecule has 0 saturated carbocycles. The molecule has 0 atom stereocenters. The number of methoxy groups -OCH3 is 2. The first-order valence-electron chi connectivity index (χ1n) is 6.41. The summed E-state index contributed by atoms with van der Waals surface area (Å²) in [5.74, 6) is 2.19. The lowest BCUT2D eigenvalue weighted by molar-refractivity contribution is 0.355. The Kier molecular flexibility index (Phi) is 3.83. The van der Waals surface area contributed by atoms with Crippen LogP contribution in [0.25, 0.3) is 21.1 Å². The van der Waals surface area contributed by atoms with Crippen LogP contribution in [0.2, 0.25) is 0 Å². The molecule has 2 heterocycles. The van der Waals surface area contributed by atoms with Gasteiger partial charge in [0.1, 0.15) is 0 Å². The van der Waals surface area contributed by atoms with Crippen LogP contribution in [-0.4, -0.2) is 24.2 Å². The van der Waals surface area contributed by atoms with E-state index in [1.165, 1.54) is 0 Å². The number of hydrogen-bond donors (Lipinski definition) is 0. The van der Waals surface area contributed by atoms with Gasteiger partial charge in [0.15, 0.2) is 17.3 Å². The van der Waals surface area contributed by atoms with E-state index in [1.807, 2.05) is 30.3 Å². The van der Waals surface area contributed by atoms with E-state index in [0.717, 1.165) is 32.6 Å². The summed E-state index contributed by atoms with van der Waals surface area (Å²) < 4.78 is 10.6. The molecular weight excluding hydrogens is 284 g/mol. The third-order valence-corrected chi connectivity index (χ3v) is 4.19. The monoisotopic (exact) mass is 298 g/mol. The number of hydrogen-bond acceptors (Lipinski definition) is 5. The molecule has 1 aromatic carbocycles. The number of ether oxygens (including phenoxy) is 2. The van der Waals surface area contributed by atoms with Crippen molar-refractivity contribution in [3.63, 3.8) is 0 Å². The maximum Gasteiger partial charge on any atom is 0.169 e. The SMILES string of the molecule is COc1ccc(-c2ccc(-c3ncccn3)s2)cc1OC. The van der Waals surface area contributed by atoms with E-state index in [9.17, 15) is 0 Å². The Hall–Kier alpha value is -2.40. The molecule has 106 valence electrons. The number of benzene rings is 1. The van der Waals surface area contributed by atoms with Gasteiger partial charge in [-0.25, -0.2) is 9.97 Å². The molecule has 3 rings (SSSR count). The van der Waals surface area contributed by atoms with Gasteiger partial charge in [0.05, 0.1) is 19.1 Å². The smallest absolute Gasteiger partial charge is 0.169 e. The maximum atomic E-state index is 5.34. The second-order valence-corrected chi connectivity index (χ2v) is 5.39. The Morgan fingerprint density at radius 2 is 1.57 bits per heavy atom. The number of nitrogens with zero attached hydrogens (tertiary/aromatic N) is 2. The van der Waals surface area contributed by atoms with Gasteiger partial charge in [-0.2, -0.15) is 0 Å². The van der Waals surface area contributed by atoms with Gasteiger partial charge in [-0.1, -0.05) is 0 Å². The Bertz CT molecular complexity index is 741. The Morgan fingerprint density at radius 3 is 2.29 bits per heavy atom. The van der Waals surface area contributed by atoms with E-state index in [1.54, 1.807) is 38.0 Å². The van der Waals surface area contributed by atoms with E-state index in [0.29, 0.717) is 0 Å². The van der Waals surface area contributed by atoms with Crippen molar-refractivity contribution < 1.29 is 9.47 Å².